The zero-order valence-electron chi connectivity index (χ0n) is 13.3. The van der Waals surface area contributed by atoms with Crippen LogP contribution in [0, 0.1) is 6.92 Å². The molecule has 2 heterocycles. The third kappa shape index (κ3) is 3.54. The van der Waals surface area contributed by atoms with Gasteiger partial charge in [0.2, 0.25) is 5.91 Å². The smallest absolute Gasteiger partial charge is 0.303 e. The number of carbonyl (C=O) groups excluding carboxylic acids is 1. The molecule has 0 fully saturated rings. The van der Waals surface area contributed by atoms with Gasteiger partial charge in [-0.3, -0.25) is 9.59 Å². The van der Waals surface area contributed by atoms with Gasteiger partial charge >= 0.3 is 5.97 Å². The molecular formula is C18H18N2O3S. The molecule has 1 atom stereocenters. The molecule has 0 spiro atoms. The zero-order valence-corrected chi connectivity index (χ0v) is 14.1. The van der Waals surface area contributed by atoms with Crippen LogP contribution in [0.3, 0.4) is 0 Å². The Morgan fingerprint density at radius 1 is 1.33 bits per heavy atom. The van der Waals surface area contributed by atoms with E-state index >= 15 is 0 Å². The van der Waals surface area contributed by atoms with Crippen LogP contribution in [0.5, 0.6) is 0 Å². The van der Waals surface area contributed by atoms with Crippen molar-refractivity contribution in [2.45, 2.75) is 32.2 Å². The Balaban J connectivity index is 1.89. The van der Waals surface area contributed by atoms with E-state index in [0.717, 1.165) is 22.4 Å². The zero-order chi connectivity index (χ0) is 17.1. The lowest BCUT2D eigenvalue weighted by atomic mass is 9.98. The van der Waals surface area contributed by atoms with Crippen LogP contribution in [0.2, 0.25) is 0 Å². The van der Waals surface area contributed by atoms with Crippen molar-refractivity contribution in [3.8, 4) is 0 Å². The lowest BCUT2D eigenvalue weighted by molar-refractivity contribution is -0.141. The number of benzene rings is 1. The first-order valence-corrected chi connectivity index (χ1v) is 8.69. The lowest BCUT2D eigenvalue weighted by Gasteiger charge is -2.22. The van der Waals surface area contributed by atoms with Crippen LogP contribution >= 0.6 is 11.3 Å². The quantitative estimate of drug-likeness (QED) is 0.902. The van der Waals surface area contributed by atoms with Gasteiger partial charge in [-0.2, -0.15) is 16.4 Å². The minimum absolute atomic E-state index is 0.0436. The van der Waals surface area contributed by atoms with Crippen LogP contribution < -0.4 is 0 Å². The molecular weight excluding hydrogens is 324 g/mol. The number of nitrogens with zero attached hydrogens (tertiary/aromatic N) is 2. The van der Waals surface area contributed by atoms with Gasteiger partial charge in [-0.05, 0) is 29.3 Å². The summed E-state index contributed by atoms with van der Waals surface area (Å²) in [5.41, 5.74) is 4.03. The number of hydrazone groups is 1. The second kappa shape index (κ2) is 6.97. The van der Waals surface area contributed by atoms with E-state index in [1.54, 1.807) is 11.3 Å². The van der Waals surface area contributed by atoms with Gasteiger partial charge < -0.3 is 5.11 Å². The molecule has 1 amide bonds. The van der Waals surface area contributed by atoms with Gasteiger partial charge in [0, 0.05) is 18.4 Å². The predicted molar refractivity (Wildman–Crippen MR) is 93.1 cm³/mol. The van der Waals surface area contributed by atoms with E-state index in [-0.39, 0.29) is 24.8 Å². The van der Waals surface area contributed by atoms with Gasteiger partial charge in [-0.1, -0.05) is 29.8 Å². The van der Waals surface area contributed by atoms with E-state index in [4.69, 9.17) is 5.11 Å². The fourth-order valence-electron chi connectivity index (χ4n) is 2.81. The summed E-state index contributed by atoms with van der Waals surface area (Å²) in [6.45, 7) is 2.01. The number of aryl methyl sites for hydroxylation is 1. The normalized spacial score (nSPS) is 17.0. The number of rotatable bonds is 5. The van der Waals surface area contributed by atoms with Crippen LogP contribution in [0.1, 0.15) is 42.0 Å². The fraction of sp³-hybridized carbons (Fsp3) is 0.278. The monoisotopic (exact) mass is 342 g/mol. The van der Waals surface area contributed by atoms with Crippen molar-refractivity contribution in [1.82, 2.24) is 5.01 Å². The second-order valence-corrected chi connectivity index (χ2v) is 6.60. The van der Waals surface area contributed by atoms with Gasteiger partial charge in [-0.25, -0.2) is 5.01 Å². The molecule has 0 bridgehead atoms. The number of carbonyl (C=O) groups is 2. The Hall–Kier alpha value is -2.47. The number of hydrogen-bond acceptors (Lipinski definition) is 4. The number of aliphatic carboxylic acids is 1. The van der Waals surface area contributed by atoms with E-state index in [2.05, 4.69) is 5.10 Å². The molecule has 5 nitrogen and oxygen atoms in total. The van der Waals surface area contributed by atoms with E-state index < -0.39 is 5.97 Å². The third-order valence-corrected chi connectivity index (χ3v) is 4.68. The summed E-state index contributed by atoms with van der Waals surface area (Å²) in [5.74, 6) is -1.23. The van der Waals surface area contributed by atoms with Gasteiger partial charge in [0.15, 0.2) is 0 Å². The number of hydrogen-bond donors (Lipinski definition) is 1. The van der Waals surface area contributed by atoms with Gasteiger partial charge in [0.25, 0.3) is 0 Å². The predicted octanol–water partition coefficient (Wildman–Crippen LogP) is 3.60. The minimum Gasteiger partial charge on any atom is -0.481 e. The maximum Gasteiger partial charge on any atom is 0.303 e. The molecule has 24 heavy (non-hydrogen) atoms. The summed E-state index contributed by atoms with van der Waals surface area (Å²) in [6, 6.07) is 9.82. The van der Waals surface area contributed by atoms with Crippen molar-refractivity contribution in [3.05, 3.63) is 57.8 Å². The maximum atomic E-state index is 12.5. The Labute approximate surface area is 144 Å². The molecule has 3 rings (SSSR count). The summed E-state index contributed by atoms with van der Waals surface area (Å²) in [7, 11) is 0. The Bertz CT molecular complexity index is 783. The molecule has 6 heteroatoms. The average Bonchev–Trinajstić information content (AvgIpc) is 3.21. The van der Waals surface area contributed by atoms with Gasteiger partial charge in [-0.15, -0.1) is 0 Å². The van der Waals surface area contributed by atoms with Crippen LogP contribution in [-0.4, -0.2) is 27.7 Å². The third-order valence-electron chi connectivity index (χ3n) is 4.00. The molecule has 0 saturated heterocycles. The standard InChI is InChI=1S/C18H18N2O3S/c1-12-3-2-4-13(9-12)16-10-15(14-7-8-24-11-14)19-20(16)17(21)5-6-18(22)23/h2-4,7-9,11,16H,5-6,10H2,1H3,(H,22,23)/t16-/m0/s1. The van der Waals surface area contributed by atoms with E-state index in [1.165, 1.54) is 5.01 Å². The molecule has 1 aliphatic rings. The van der Waals surface area contributed by atoms with Crippen LogP contribution in [0.15, 0.2) is 46.2 Å². The van der Waals surface area contributed by atoms with Crippen LogP contribution in [0.25, 0.3) is 0 Å². The largest absolute Gasteiger partial charge is 0.481 e. The van der Waals surface area contributed by atoms with Crippen LogP contribution in [-0.2, 0) is 9.59 Å². The molecule has 1 aliphatic heterocycles. The Morgan fingerprint density at radius 2 is 2.17 bits per heavy atom. The van der Waals surface area contributed by atoms with E-state index in [0.29, 0.717) is 6.42 Å². The summed E-state index contributed by atoms with van der Waals surface area (Å²) >= 11 is 1.59. The first kappa shape index (κ1) is 16.4. The highest BCUT2D eigenvalue weighted by molar-refractivity contribution is 7.08. The molecule has 0 aliphatic carbocycles. The molecule has 0 radical (unpaired) electrons. The van der Waals surface area contributed by atoms with Crippen LogP contribution in [0.4, 0.5) is 0 Å². The number of thiophene rings is 1. The van der Waals surface area contributed by atoms with Gasteiger partial charge in [0.05, 0.1) is 18.2 Å². The maximum absolute atomic E-state index is 12.5. The summed E-state index contributed by atoms with van der Waals surface area (Å²) < 4.78 is 0. The summed E-state index contributed by atoms with van der Waals surface area (Å²) in [4.78, 5) is 23.3. The topological polar surface area (TPSA) is 70.0 Å². The lowest BCUT2D eigenvalue weighted by Crippen LogP contribution is -2.27. The van der Waals surface area contributed by atoms with Crippen molar-refractivity contribution in [1.29, 1.82) is 0 Å². The second-order valence-electron chi connectivity index (χ2n) is 5.82. The number of carboxylic acids is 1. The fourth-order valence-corrected chi connectivity index (χ4v) is 3.47. The highest BCUT2D eigenvalue weighted by Gasteiger charge is 2.33. The Morgan fingerprint density at radius 3 is 2.83 bits per heavy atom. The van der Waals surface area contributed by atoms with E-state index in [9.17, 15) is 9.59 Å². The molecule has 0 unspecified atom stereocenters. The number of carboxylic acid groups (broad SMARTS) is 1. The summed E-state index contributed by atoms with van der Waals surface area (Å²) in [6.07, 6.45) is 0.413. The van der Waals surface area contributed by atoms with Crippen molar-refractivity contribution in [3.63, 3.8) is 0 Å². The van der Waals surface area contributed by atoms with Crippen molar-refractivity contribution >= 4 is 28.9 Å². The Kier molecular flexibility index (Phi) is 4.76. The molecule has 2 aromatic rings. The van der Waals surface area contributed by atoms with Crippen molar-refractivity contribution < 1.29 is 14.7 Å². The first-order valence-electron chi connectivity index (χ1n) is 7.75. The van der Waals surface area contributed by atoms with Gasteiger partial charge in [0.1, 0.15) is 0 Å². The van der Waals surface area contributed by atoms with Crippen molar-refractivity contribution in [2.24, 2.45) is 5.10 Å². The molecule has 1 aromatic carbocycles. The average molecular weight is 342 g/mol. The first-order chi connectivity index (χ1) is 11.5. The SMILES string of the molecule is Cc1cccc([C@@H]2CC(c3ccsc3)=NN2C(=O)CCC(=O)O)c1. The van der Waals surface area contributed by atoms with Crippen molar-refractivity contribution in [2.75, 3.05) is 0 Å². The molecule has 1 aromatic heterocycles. The highest BCUT2D eigenvalue weighted by Crippen LogP contribution is 2.34. The summed E-state index contributed by atoms with van der Waals surface area (Å²) in [5, 5.41) is 18.8. The molecule has 1 N–H and O–H groups in total. The minimum atomic E-state index is -0.975. The molecule has 124 valence electrons. The number of amides is 1. The molecule has 0 saturated carbocycles. The van der Waals surface area contributed by atoms with E-state index in [1.807, 2.05) is 48.0 Å². The highest BCUT2D eigenvalue weighted by atomic mass is 32.1.